The number of halogens is 6. The number of carbonyl (C=O) groups excluding carboxylic acids is 2. The first kappa shape index (κ1) is 54.0. The van der Waals surface area contributed by atoms with Crippen LogP contribution in [0.1, 0.15) is 37.0 Å². The smallest absolute Gasteiger partial charge is 0.355 e. The lowest BCUT2D eigenvalue weighted by molar-refractivity contribution is 0.0584. The summed E-state index contributed by atoms with van der Waals surface area (Å²) in [5.74, 6) is -5.02. The number of aromatic amines is 1. The topological polar surface area (TPSA) is 348 Å². The number of amidine groups is 1. The van der Waals surface area contributed by atoms with Crippen LogP contribution in [0.4, 0.5) is 43.9 Å². The molecule has 0 bridgehead atoms. The highest BCUT2D eigenvalue weighted by atomic mass is 32.2. The summed E-state index contributed by atoms with van der Waals surface area (Å²) in [6.07, 6.45) is 5.26. The van der Waals surface area contributed by atoms with Crippen molar-refractivity contribution >= 4 is 61.4 Å². The number of nitrogens with one attached hydrogen (secondary N) is 2. The van der Waals surface area contributed by atoms with Crippen LogP contribution in [0, 0.1) is 34.9 Å². The maximum atomic E-state index is 14.2. The molecule has 0 fully saturated rings. The predicted octanol–water partition coefficient (Wildman–Crippen LogP) is 3.91. The number of ether oxygens (including phenoxy) is 2. The molecule has 0 aliphatic carbocycles. The Balaban J connectivity index is 0.000000182. The SMILES string of the molecule is COC(=O)c1cc(-c2nnc(N)n2-c2cccc(F)c2F)cn1S(C)(=O)=O.COC(=O)c1cc(C(=Nc2cccc(F)c2F)NN)cn1S(C)(=O)=O.Nc1nnc(-c2c[nH]c(C(=O)O)c2)n1-c1cccc(F)c1F. The van der Waals surface area contributed by atoms with Gasteiger partial charge in [0.25, 0.3) is 0 Å². The molecule has 0 aliphatic rings. The summed E-state index contributed by atoms with van der Waals surface area (Å²) in [6, 6.07) is 14.0. The summed E-state index contributed by atoms with van der Waals surface area (Å²) in [4.78, 5) is 40.9. The Morgan fingerprint density at radius 2 is 1.12 bits per heavy atom. The number of nitrogens with two attached hydrogens (primary N) is 3. The molecular weight excluding hydrogens is 1040 g/mol. The molecule has 32 heteroatoms. The van der Waals surface area contributed by atoms with Gasteiger partial charge in [0.1, 0.15) is 28.6 Å². The first-order valence-corrected chi connectivity index (χ1v) is 23.8. The first-order chi connectivity index (χ1) is 34.8. The average Bonchev–Trinajstić information content (AvgIpc) is 4.21. The summed E-state index contributed by atoms with van der Waals surface area (Å²) in [7, 11) is -5.54. The van der Waals surface area contributed by atoms with E-state index in [1.165, 1.54) is 54.7 Å². The molecule has 0 unspecified atom stereocenters. The average molecular weight is 1070 g/mol. The van der Waals surface area contributed by atoms with Gasteiger partial charge in [0.2, 0.25) is 31.9 Å². The lowest BCUT2D eigenvalue weighted by Gasteiger charge is -2.08. The van der Waals surface area contributed by atoms with Gasteiger partial charge in [-0.1, -0.05) is 18.2 Å². The van der Waals surface area contributed by atoms with Gasteiger partial charge in [-0.25, -0.2) is 76.3 Å². The number of aliphatic imine (C=N–C) groups is 1. The minimum Gasteiger partial charge on any atom is -0.477 e. The van der Waals surface area contributed by atoms with E-state index in [1.807, 2.05) is 0 Å². The maximum Gasteiger partial charge on any atom is 0.355 e. The second kappa shape index (κ2) is 21.6. The largest absolute Gasteiger partial charge is 0.477 e. The first-order valence-electron chi connectivity index (χ1n) is 20.1. The number of esters is 2. The van der Waals surface area contributed by atoms with Gasteiger partial charge in [-0.3, -0.25) is 9.13 Å². The summed E-state index contributed by atoms with van der Waals surface area (Å²) in [5.41, 5.74) is 12.5. The van der Waals surface area contributed by atoms with E-state index < -0.39 is 72.9 Å². The van der Waals surface area contributed by atoms with Crippen molar-refractivity contribution in [3.63, 3.8) is 0 Å². The molecule has 0 radical (unpaired) electrons. The zero-order chi connectivity index (χ0) is 54.6. The summed E-state index contributed by atoms with van der Waals surface area (Å²) >= 11 is 0. The molecule has 74 heavy (non-hydrogen) atoms. The lowest BCUT2D eigenvalue weighted by atomic mass is 10.2. The number of nitrogens with zero attached hydrogens (tertiary/aromatic N) is 9. The molecule has 9 N–H and O–H groups in total. The van der Waals surface area contributed by atoms with E-state index in [4.69, 9.17) is 22.4 Å². The maximum absolute atomic E-state index is 14.2. The van der Waals surface area contributed by atoms with Crippen LogP contribution >= 0.6 is 0 Å². The van der Waals surface area contributed by atoms with Crippen LogP contribution in [0.5, 0.6) is 0 Å². The van der Waals surface area contributed by atoms with Crippen LogP contribution in [0.15, 0.2) is 96.4 Å². The van der Waals surface area contributed by atoms with Crippen molar-refractivity contribution in [2.75, 3.05) is 38.2 Å². The molecule has 0 aliphatic heterocycles. The van der Waals surface area contributed by atoms with Gasteiger partial charge in [0, 0.05) is 35.3 Å². The molecule has 5 aromatic heterocycles. The zero-order valence-electron chi connectivity index (χ0n) is 38.1. The molecule has 24 nitrogen and oxygen atoms in total. The van der Waals surface area contributed by atoms with Crippen molar-refractivity contribution < 1.29 is 72.1 Å². The van der Waals surface area contributed by atoms with E-state index in [1.54, 1.807) is 0 Å². The number of carboxylic acid groups (broad SMARTS) is 1. The number of nitrogen functional groups attached to an aromatic ring is 2. The van der Waals surface area contributed by atoms with Crippen LogP contribution in [-0.4, -0.2) is 115 Å². The Hall–Kier alpha value is -9.30. The third-order valence-corrected chi connectivity index (χ3v) is 11.8. The van der Waals surface area contributed by atoms with Crippen LogP contribution in [0.2, 0.25) is 0 Å². The highest BCUT2D eigenvalue weighted by Crippen LogP contribution is 2.30. The Morgan fingerprint density at radius 1 is 0.662 bits per heavy atom. The third-order valence-electron chi connectivity index (χ3n) is 9.80. The molecule has 5 heterocycles. The Morgan fingerprint density at radius 3 is 1.58 bits per heavy atom. The van der Waals surface area contributed by atoms with Crippen molar-refractivity contribution in [1.82, 2.24) is 47.9 Å². The van der Waals surface area contributed by atoms with Gasteiger partial charge < -0.3 is 36.5 Å². The Bertz CT molecular complexity index is 3740. The van der Waals surface area contributed by atoms with Crippen molar-refractivity contribution in [3.8, 4) is 34.2 Å². The third kappa shape index (κ3) is 11.2. The number of carboxylic acids is 1. The van der Waals surface area contributed by atoms with Crippen molar-refractivity contribution in [1.29, 1.82) is 0 Å². The van der Waals surface area contributed by atoms with Gasteiger partial charge in [0.15, 0.2) is 46.6 Å². The fourth-order valence-electron chi connectivity index (χ4n) is 6.49. The number of aromatic nitrogens is 9. The number of hydrogen-bond donors (Lipinski definition) is 6. The molecule has 0 atom stereocenters. The fourth-order valence-corrected chi connectivity index (χ4v) is 8.07. The fraction of sp³-hybridized carbons (Fsp3) is 0.0952. The number of methoxy groups -OCH3 is 2. The molecule has 0 amide bonds. The summed E-state index contributed by atoms with van der Waals surface area (Å²) < 4.78 is 142. The standard InChI is InChI=1S/C15H13F2N5O4S.C14H14F2N4O4S.C13H9F2N5O2/c1-26-14(23)11-6-8(7-21(11)27(2,24)25)13-19-20-15(18)22(13)10-5-3-4-9(16)12(10)17;1-24-14(21)11-6-8(7-20(11)25(2,22)23)13(19-17)18-10-5-3-4-9(15)12(10)16;14-7-2-1-3-9(10(7)15)20-11(18-19-13(20)16)6-4-8(12(21)22)17-5-6/h3-7H,1-2H3,(H2,18,20);3-7H,17H2,1-2H3,(H,18,19);1-5,17H,(H2,16,19)(H,21,22). The predicted molar refractivity (Wildman–Crippen MR) is 249 cm³/mol. The van der Waals surface area contributed by atoms with E-state index in [0.717, 1.165) is 72.5 Å². The number of H-pyrrole nitrogens is 1. The zero-order valence-corrected chi connectivity index (χ0v) is 39.8. The number of rotatable bonds is 11. The summed E-state index contributed by atoms with van der Waals surface area (Å²) in [5, 5.41) is 23.8. The Kier molecular flexibility index (Phi) is 15.8. The van der Waals surface area contributed by atoms with E-state index in [-0.39, 0.29) is 74.7 Å². The Labute approximate surface area is 412 Å². The molecule has 3 aromatic carbocycles. The van der Waals surface area contributed by atoms with Gasteiger partial charge >= 0.3 is 17.9 Å². The van der Waals surface area contributed by atoms with Gasteiger partial charge in [-0.15, -0.1) is 20.4 Å². The van der Waals surface area contributed by atoms with E-state index in [9.17, 15) is 57.6 Å². The monoisotopic (exact) mass is 1070 g/mol. The van der Waals surface area contributed by atoms with Gasteiger partial charge in [-0.2, -0.15) is 0 Å². The second-order valence-corrected chi connectivity index (χ2v) is 18.4. The number of hydrazine groups is 1. The van der Waals surface area contributed by atoms with Crippen LogP contribution in [0.3, 0.4) is 0 Å². The lowest BCUT2D eigenvalue weighted by Crippen LogP contribution is -2.30. The van der Waals surface area contributed by atoms with Crippen molar-refractivity contribution in [3.05, 3.63) is 149 Å². The number of aromatic carboxylic acids is 1. The number of carbonyl (C=O) groups is 3. The van der Waals surface area contributed by atoms with Crippen LogP contribution in [0.25, 0.3) is 34.2 Å². The normalized spacial score (nSPS) is 11.5. The van der Waals surface area contributed by atoms with Gasteiger partial charge in [0.05, 0.1) is 38.1 Å². The number of anilines is 2. The summed E-state index contributed by atoms with van der Waals surface area (Å²) in [6.45, 7) is 0. The van der Waals surface area contributed by atoms with Crippen LogP contribution < -0.4 is 22.7 Å². The number of benzene rings is 3. The highest BCUT2D eigenvalue weighted by molar-refractivity contribution is 7.89. The molecule has 388 valence electrons. The molecular formula is C42H36F6N14O10S2. The van der Waals surface area contributed by atoms with Gasteiger partial charge in [-0.05, 0) is 54.6 Å². The molecule has 8 rings (SSSR count). The number of hydrogen-bond acceptors (Lipinski definition) is 17. The quantitative estimate of drug-likeness (QED) is 0.0267. The van der Waals surface area contributed by atoms with E-state index in [2.05, 4.69) is 45.3 Å². The minimum absolute atomic E-state index is 0.0528. The minimum atomic E-state index is -3.87. The van der Waals surface area contributed by atoms with Crippen molar-refractivity contribution in [2.45, 2.75) is 0 Å². The highest BCUT2D eigenvalue weighted by Gasteiger charge is 2.27. The molecule has 0 spiro atoms. The molecule has 0 saturated heterocycles. The second-order valence-electron chi connectivity index (χ2n) is 14.7. The van der Waals surface area contributed by atoms with E-state index in [0.29, 0.717) is 13.5 Å². The van der Waals surface area contributed by atoms with Crippen LogP contribution in [-0.2, 0) is 29.5 Å². The molecule has 0 saturated carbocycles. The molecule has 8 aromatic rings. The van der Waals surface area contributed by atoms with E-state index >= 15 is 0 Å². The van der Waals surface area contributed by atoms with Crippen molar-refractivity contribution in [2.24, 2.45) is 10.8 Å².